The fourth-order valence-corrected chi connectivity index (χ4v) is 3.07. The molecule has 32 heavy (non-hydrogen) atoms. The van der Waals surface area contributed by atoms with E-state index in [2.05, 4.69) is 15.6 Å². The maximum absolute atomic E-state index is 12.4. The zero-order chi connectivity index (χ0) is 23.6. The highest BCUT2D eigenvalue weighted by atomic mass is 35.5. The summed E-state index contributed by atoms with van der Waals surface area (Å²) in [6, 6.07) is 9.70. The smallest absolute Gasteiger partial charge is 0.342 e. The second kappa shape index (κ2) is 8.86. The summed E-state index contributed by atoms with van der Waals surface area (Å²) < 4.78 is 1.45. The average molecular weight is 458 g/mol. The van der Waals surface area contributed by atoms with Crippen LogP contribution < -0.4 is 5.43 Å². The molecule has 0 atom stereocenters. The molecule has 12 heteroatoms. The molecule has 1 amide bonds. The Morgan fingerprint density at radius 1 is 1.22 bits per heavy atom. The number of nitro groups is 1. The van der Waals surface area contributed by atoms with Crippen LogP contribution in [-0.2, 0) is 7.05 Å². The quantitative estimate of drug-likeness (QED) is 0.291. The predicted molar refractivity (Wildman–Crippen MR) is 115 cm³/mol. The van der Waals surface area contributed by atoms with Crippen molar-refractivity contribution < 1.29 is 24.7 Å². The minimum atomic E-state index is -1.49. The molecule has 0 saturated heterocycles. The molecular formula is C20H16ClN5O6. The fraction of sp³-hybridized carbons (Fsp3) is 0.100. The average Bonchev–Trinajstić information content (AvgIpc) is 3.05. The Hall–Kier alpha value is -4.25. The molecule has 0 aliphatic carbocycles. The van der Waals surface area contributed by atoms with Crippen LogP contribution in [0.4, 0.5) is 5.69 Å². The summed E-state index contributed by atoms with van der Waals surface area (Å²) in [5, 5.41) is 39.4. The van der Waals surface area contributed by atoms with Crippen molar-refractivity contribution in [2.75, 3.05) is 0 Å². The number of carboxylic acid groups (broad SMARTS) is 1. The first-order valence-corrected chi connectivity index (χ1v) is 9.36. The summed E-state index contributed by atoms with van der Waals surface area (Å²) >= 11 is 5.90. The normalized spacial score (nSPS) is 11.3. The predicted octanol–water partition coefficient (Wildman–Crippen LogP) is 3.21. The van der Waals surface area contributed by atoms with Crippen molar-refractivity contribution in [3.63, 3.8) is 0 Å². The van der Waals surface area contributed by atoms with E-state index < -0.39 is 28.1 Å². The highest BCUT2D eigenvalue weighted by Gasteiger charge is 2.23. The van der Waals surface area contributed by atoms with Crippen molar-refractivity contribution >= 4 is 34.9 Å². The van der Waals surface area contributed by atoms with Crippen LogP contribution in [-0.4, -0.2) is 42.5 Å². The van der Waals surface area contributed by atoms with E-state index in [0.29, 0.717) is 16.3 Å². The third kappa shape index (κ3) is 4.42. The highest BCUT2D eigenvalue weighted by molar-refractivity contribution is 6.30. The van der Waals surface area contributed by atoms with Crippen LogP contribution in [0.5, 0.6) is 5.75 Å². The van der Waals surface area contributed by atoms with Gasteiger partial charge in [0.2, 0.25) is 0 Å². The number of amides is 1. The largest absolute Gasteiger partial charge is 0.504 e. The number of hydrogen-bond donors (Lipinski definition) is 3. The highest BCUT2D eigenvalue weighted by Crippen LogP contribution is 2.32. The van der Waals surface area contributed by atoms with Gasteiger partial charge in [-0.15, -0.1) is 0 Å². The number of aromatic nitrogens is 2. The lowest BCUT2D eigenvalue weighted by atomic mass is 10.1. The lowest BCUT2D eigenvalue weighted by Crippen LogP contribution is -2.20. The summed E-state index contributed by atoms with van der Waals surface area (Å²) in [4.78, 5) is 33.7. The number of aromatic hydroxyl groups is 1. The van der Waals surface area contributed by atoms with Crippen LogP contribution in [0.15, 0.2) is 47.6 Å². The SMILES string of the molecule is CC(=NNC(=O)c1ccc(C(=O)O)c([N+](=O)[O-])c1)c1nn(C)c(-c2ccc(Cl)cc2)c1O. The number of hydrazone groups is 1. The van der Waals surface area contributed by atoms with Gasteiger partial charge in [0.15, 0.2) is 11.4 Å². The van der Waals surface area contributed by atoms with Gasteiger partial charge >= 0.3 is 5.97 Å². The molecule has 0 saturated carbocycles. The van der Waals surface area contributed by atoms with Gasteiger partial charge in [0, 0.05) is 29.3 Å². The van der Waals surface area contributed by atoms with Crippen LogP contribution in [0.2, 0.25) is 5.02 Å². The Labute approximate surface area is 185 Å². The van der Waals surface area contributed by atoms with E-state index in [1.54, 1.807) is 31.3 Å². The lowest BCUT2D eigenvalue weighted by molar-refractivity contribution is -0.385. The number of rotatable bonds is 6. The van der Waals surface area contributed by atoms with E-state index >= 15 is 0 Å². The van der Waals surface area contributed by atoms with Crippen LogP contribution >= 0.6 is 11.6 Å². The Morgan fingerprint density at radius 3 is 2.47 bits per heavy atom. The molecule has 0 unspecified atom stereocenters. The molecule has 164 valence electrons. The number of aryl methyl sites for hydroxylation is 1. The number of benzene rings is 2. The van der Waals surface area contributed by atoms with Gasteiger partial charge in [-0.25, -0.2) is 10.2 Å². The molecule has 3 aromatic rings. The maximum Gasteiger partial charge on any atom is 0.342 e. The minimum absolute atomic E-state index is 0.116. The number of hydrogen-bond acceptors (Lipinski definition) is 7. The van der Waals surface area contributed by atoms with Crippen molar-refractivity contribution in [2.24, 2.45) is 12.1 Å². The summed E-state index contributed by atoms with van der Waals surface area (Å²) in [6.45, 7) is 1.50. The lowest BCUT2D eigenvalue weighted by Gasteiger charge is -2.04. The summed E-state index contributed by atoms with van der Waals surface area (Å²) in [5.74, 6) is -2.45. The van der Waals surface area contributed by atoms with Crippen molar-refractivity contribution in [3.05, 3.63) is 74.4 Å². The van der Waals surface area contributed by atoms with Gasteiger partial charge in [-0.05, 0) is 31.2 Å². The number of aromatic carboxylic acids is 1. The molecule has 0 fully saturated rings. The topological polar surface area (TPSA) is 160 Å². The third-order valence-electron chi connectivity index (χ3n) is 4.49. The Balaban J connectivity index is 1.86. The molecule has 0 spiro atoms. The van der Waals surface area contributed by atoms with Crippen molar-refractivity contribution in [3.8, 4) is 17.0 Å². The Kier molecular flexibility index (Phi) is 6.21. The van der Waals surface area contributed by atoms with Crippen LogP contribution in [0.1, 0.15) is 33.3 Å². The number of nitrogens with zero attached hydrogens (tertiary/aromatic N) is 4. The van der Waals surface area contributed by atoms with E-state index in [1.165, 1.54) is 11.6 Å². The number of nitro benzene ring substituents is 1. The second-order valence-corrected chi connectivity index (χ2v) is 7.05. The third-order valence-corrected chi connectivity index (χ3v) is 4.75. The number of nitrogens with one attached hydrogen (secondary N) is 1. The molecule has 0 radical (unpaired) electrons. The number of carbonyl (C=O) groups excluding carboxylic acids is 1. The van der Waals surface area contributed by atoms with E-state index in [1.807, 2.05) is 0 Å². The number of halogens is 1. The van der Waals surface area contributed by atoms with E-state index in [4.69, 9.17) is 16.7 Å². The first-order chi connectivity index (χ1) is 15.1. The van der Waals surface area contributed by atoms with Gasteiger partial charge in [-0.2, -0.15) is 10.2 Å². The van der Waals surface area contributed by atoms with E-state index in [9.17, 15) is 24.8 Å². The van der Waals surface area contributed by atoms with Gasteiger partial charge < -0.3 is 10.2 Å². The van der Waals surface area contributed by atoms with E-state index in [-0.39, 0.29) is 22.7 Å². The Morgan fingerprint density at radius 2 is 1.88 bits per heavy atom. The Bertz CT molecular complexity index is 1270. The number of carbonyl (C=O) groups is 2. The van der Waals surface area contributed by atoms with Gasteiger partial charge in [-0.3, -0.25) is 19.6 Å². The summed E-state index contributed by atoms with van der Waals surface area (Å²) in [5.41, 5.74) is 2.15. The molecular weight excluding hydrogens is 442 g/mol. The molecule has 1 aromatic heterocycles. The first kappa shape index (κ1) is 22.4. The molecule has 0 aliphatic heterocycles. The van der Waals surface area contributed by atoms with Crippen LogP contribution in [0, 0.1) is 10.1 Å². The standard InChI is InChI=1S/C20H16ClN5O6/c1-10(16-18(27)17(25(2)24-16)11-3-6-13(21)7-4-11)22-23-19(28)12-5-8-14(20(29)30)15(9-12)26(31)32/h3-9,27H,1-2H3,(H,23,28)(H,29,30). The molecule has 2 aromatic carbocycles. The van der Waals surface area contributed by atoms with Crippen molar-refractivity contribution in [1.82, 2.24) is 15.2 Å². The molecule has 3 rings (SSSR count). The number of carboxylic acids is 1. The molecule has 0 bridgehead atoms. The van der Waals surface area contributed by atoms with Crippen LogP contribution in [0.25, 0.3) is 11.3 Å². The first-order valence-electron chi connectivity index (χ1n) is 8.98. The van der Waals surface area contributed by atoms with E-state index in [0.717, 1.165) is 18.2 Å². The molecule has 11 nitrogen and oxygen atoms in total. The molecule has 1 heterocycles. The van der Waals surface area contributed by atoms with Gasteiger partial charge in [0.25, 0.3) is 11.6 Å². The van der Waals surface area contributed by atoms with Crippen LogP contribution in [0.3, 0.4) is 0 Å². The monoisotopic (exact) mass is 457 g/mol. The van der Waals surface area contributed by atoms with Crippen molar-refractivity contribution in [1.29, 1.82) is 0 Å². The zero-order valence-electron chi connectivity index (χ0n) is 16.7. The maximum atomic E-state index is 12.4. The fourth-order valence-electron chi connectivity index (χ4n) is 2.94. The van der Waals surface area contributed by atoms with Gasteiger partial charge in [0.1, 0.15) is 11.3 Å². The summed E-state index contributed by atoms with van der Waals surface area (Å²) in [7, 11) is 1.63. The van der Waals surface area contributed by atoms with Gasteiger partial charge in [0.05, 0.1) is 10.6 Å². The minimum Gasteiger partial charge on any atom is -0.504 e. The van der Waals surface area contributed by atoms with Gasteiger partial charge in [-0.1, -0.05) is 23.7 Å². The molecule has 0 aliphatic rings. The van der Waals surface area contributed by atoms with Crippen molar-refractivity contribution in [2.45, 2.75) is 6.92 Å². The molecule has 3 N–H and O–H groups in total. The second-order valence-electron chi connectivity index (χ2n) is 6.61. The zero-order valence-corrected chi connectivity index (χ0v) is 17.5. The summed E-state index contributed by atoms with van der Waals surface area (Å²) in [6.07, 6.45) is 0.